The fourth-order valence-electron chi connectivity index (χ4n) is 0.791. The monoisotopic (exact) mass is 184 g/mol. The van der Waals surface area contributed by atoms with Gasteiger partial charge in [0, 0.05) is 6.54 Å². The fraction of sp³-hybridized carbons (Fsp3) is 0.778. The Morgan fingerprint density at radius 3 is 2.62 bits per heavy atom. The van der Waals surface area contributed by atoms with Crippen LogP contribution in [0, 0.1) is 11.3 Å². The third-order valence-corrected chi connectivity index (χ3v) is 1.54. The second-order valence-electron chi connectivity index (χ2n) is 2.93. The molecule has 0 N–H and O–H groups in total. The first-order chi connectivity index (χ1) is 6.11. The molecule has 0 aromatic carbocycles. The Balaban J connectivity index is 3.86. The van der Waals surface area contributed by atoms with Crippen LogP contribution in [0.5, 0.6) is 0 Å². The van der Waals surface area contributed by atoms with E-state index in [0.29, 0.717) is 6.54 Å². The third kappa shape index (κ3) is 5.21. The minimum Gasteiger partial charge on any atom is -0.369 e. The van der Waals surface area contributed by atoms with Gasteiger partial charge in [0.15, 0.2) is 0 Å². The van der Waals surface area contributed by atoms with Crippen LogP contribution in [0.4, 0.5) is 0 Å². The van der Waals surface area contributed by atoms with Crippen LogP contribution in [0.2, 0.25) is 0 Å². The predicted octanol–water partition coefficient (Wildman–Crippen LogP) is 0.783. The number of nitriles is 1. The largest absolute Gasteiger partial charge is 0.369 e. The summed E-state index contributed by atoms with van der Waals surface area (Å²) >= 11 is 0. The Morgan fingerprint density at radius 1 is 1.62 bits per heavy atom. The Hall–Kier alpha value is -1.08. The number of carbonyl (C=O) groups excluding carboxylic acids is 1. The van der Waals surface area contributed by atoms with Crippen molar-refractivity contribution in [1.82, 2.24) is 4.90 Å². The summed E-state index contributed by atoms with van der Waals surface area (Å²) in [5.74, 6) is -0.127. The van der Waals surface area contributed by atoms with Gasteiger partial charge >= 0.3 is 0 Å². The lowest BCUT2D eigenvalue weighted by Crippen LogP contribution is -2.34. The van der Waals surface area contributed by atoms with E-state index >= 15 is 0 Å². The number of ether oxygens (including phenoxy) is 1. The van der Waals surface area contributed by atoms with Crippen LogP contribution in [0.1, 0.15) is 20.8 Å². The summed E-state index contributed by atoms with van der Waals surface area (Å²) in [5, 5.41) is 8.41. The van der Waals surface area contributed by atoms with Gasteiger partial charge in [0.1, 0.15) is 13.2 Å². The third-order valence-electron chi connectivity index (χ3n) is 1.54. The van der Waals surface area contributed by atoms with Crippen molar-refractivity contribution in [3.05, 3.63) is 0 Å². The van der Waals surface area contributed by atoms with Gasteiger partial charge in [-0.2, -0.15) is 5.26 Å². The van der Waals surface area contributed by atoms with E-state index in [0.717, 1.165) is 0 Å². The molecule has 13 heavy (non-hydrogen) atoms. The first-order valence-electron chi connectivity index (χ1n) is 4.38. The lowest BCUT2D eigenvalue weighted by Gasteiger charge is -2.17. The molecule has 74 valence electrons. The van der Waals surface area contributed by atoms with Crippen molar-refractivity contribution in [2.75, 3.05) is 19.7 Å². The number of carbonyl (C=O) groups is 1. The number of likely N-dealkylation sites (N-methyl/N-ethyl adjacent to an activating group) is 1. The van der Waals surface area contributed by atoms with Crippen molar-refractivity contribution >= 4 is 5.91 Å². The van der Waals surface area contributed by atoms with E-state index in [9.17, 15) is 4.79 Å². The van der Waals surface area contributed by atoms with Gasteiger partial charge in [-0.15, -0.1) is 0 Å². The quantitative estimate of drug-likeness (QED) is 0.593. The molecule has 4 heteroatoms. The van der Waals surface area contributed by atoms with Gasteiger partial charge in [0.25, 0.3) is 0 Å². The van der Waals surface area contributed by atoms with Crippen molar-refractivity contribution in [3.63, 3.8) is 0 Å². The molecule has 0 atom stereocenters. The van der Waals surface area contributed by atoms with Gasteiger partial charge in [0.05, 0.1) is 12.2 Å². The summed E-state index contributed by atoms with van der Waals surface area (Å²) in [5.41, 5.74) is 0. The van der Waals surface area contributed by atoms with E-state index < -0.39 is 0 Å². The van der Waals surface area contributed by atoms with Crippen LogP contribution >= 0.6 is 0 Å². The zero-order chi connectivity index (χ0) is 10.3. The van der Waals surface area contributed by atoms with Crippen LogP contribution in [-0.2, 0) is 9.53 Å². The summed E-state index contributed by atoms with van der Waals surface area (Å²) in [4.78, 5) is 12.8. The molecule has 0 aliphatic heterocycles. The first kappa shape index (κ1) is 11.9. The van der Waals surface area contributed by atoms with Crippen molar-refractivity contribution < 1.29 is 9.53 Å². The minimum absolute atomic E-state index is 0.0461. The Morgan fingerprint density at radius 2 is 2.23 bits per heavy atom. The zero-order valence-corrected chi connectivity index (χ0v) is 8.41. The van der Waals surface area contributed by atoms with Crippen LogP contribution in [0.25, 0.3) is 0 Å². The maximum atomic E-state index is 11.3. The molecule has 0 unspecified atom stereocenters. The van der Waals surface area contributed by atoms with Crippen LogP contribution in [0.3, 0.4) is 0 Å². The van der Waals surface area contributed by atoms with Crippen LogP contribution < -0.4 is 0 Å². The highest BCUT2D eigenvalue weighted by Crippen LogP contribution is 1.93. The number of hydrogen-bond acceptors (Lipinski definition) is 3. The number of hydrogen-bond donors (Lipinski definition) is 0. The molecule has 0 radical (unpaired) electrons. The molecule has 0 spiro atoms. The fourth-order valence-corrected chi connectivity index (χ4v) is 0.791. The van der Waals surface area contributed by atoms with E-state index in [2.05, 4.69) is 0 Å². The zero-order valence-electron chi connectivity index (χ0n) is 8.41. The molecule has 0 saturated carbocycles. The number of amides is 1. The average Bonchev–Trinajstić information content (AvgIpc) is 2.10. The molecule has 0 aliphatic carbocycles. The molecular weight excluding hydrogens is 168 g/mol. The van der Waals surface area contributed by atoms with Crippen molar-refractivity contribution in [3.8, 4) is 6.07 Å². The average molecular weight is 184 g/mol. The van der Waals surface area contributed by atoms with Gasteiger partial charge in [-0.3, -0.25) is 4.79 Å². The summed E-state index contributed by atoms with van der Waals surface area (Å²) in [6, 6.07) is 1.94. The van der Waals surface area contributed by atoms with Gasteiger partial charge in [-0.25, -0.2) is 0 Å². The highest BCUT2D eigenvalue weighted by Gasteiger charge is 2.11. The number of nitrogens with zero attached hydrogens (tertiary/aromatic N) is 2. The van der Waals surface area contributed by atoms with Gasteiger partial charge in [0.2, 0.25) is 5.91 Å². The maximum absolute atomic E-state index is 11.3. The lowest BCUT2D eigenvalue weighted by atomic mass is 10.4. The van der Waals surface area contributed by atoms with Gasteiger partial charge in [-0.05, 0) is 20.8 Å². The van der Waals surface area contributed by atoms with E-state index in [1.807, 2.05) is 26.8 Å². The summed E-state index contributed by atoms with van der Waals surface area (Å²) < 4.78 is 5.13. The maximum Gasteiger partial charge on any atom is 0.249 e. The minimum atomic E-state index is -0.127. The molecule has 4 nitrogen and oxygen atoms in total. The highest BCUT2D eigenvalue weighted by molar-refractivity contribution is 5.77. The summed E-state index contributed by atoms with van der Waals surface area (Å²) in [6.45, 7) is 6.32. The molecule has 0 aromatic rings. The van der Waals surface area contributed by atoms with Crippen LogP contribution in [-0.4, -0.2) is 36.6 Å². The van der Waals surface area contributed by atoms with E-state index in [1.54, 1.807) is 0 Å². The van der Waals surface area contributed by atoms with Crippen LogP contribution in [0.15, 0.2) is 0 Å². The summed E-state index contributed by atoms with van der Waals surface area (Å²) in [6.07, 6.45) is 0.0461. The van der Waals surface area contributed by atoms with Crippen molar-refractivity contribution in [2.45, 2.75) is 26.9 Å². The predicted molar refractivity (Wildman–Crippen MR) is 49.0 cm³/mol. The highest BCUT2D eigenvalue weighted by atomic mass is 16.5. The van der Waals surface area contributed by atoms with Gasteiger partial charge in [-0.1, -0.05) is 0 Å². The summed E-state index contributed by atoms with van der Waals surface area (Å²) in [7, 11) is 0. The first-order valence-corrected chi connectivity index (χ1v) is 4.38. The molecule has 0 saturated heterocycles. The SMILES string of the molecule is CCN(CC#N)C(=O)COC(C)C. The smallest absolute Gasteiger partial charge is 0.249 e. The molecule has 0 fully saturated rings. The Kier molecular flexibility index (Phi) is 5.90. The molecule has 0 aliphatic rings. The normalized spacial score (nSPS) is 9.77. The lowest BCUT2D eigenvalue weighted by molar-refractivity contribution is -0.136. The Bertz CT molecular complexity index is 196. The molecule has 0 rings (SSSR count). The Labute approximate surface area is 79.1 Å². The molecule has 0 aromatic heterocycles. The van der Waals surface area contributed by atoms with Gasteiger partial charge < -0.3 is 9.64 Å². The molecule has 0 bridgehead atoms. The van der Waals surface area contributed by atoms with Crippen molar-refractivity contribution in [1.29, 1.82) is 5.26 Å². The topological polar surface area (TPSA) is 53.3 Å². The molecular formula is C9H16N2O2. The van der Waals surface area contributed by atoms with E-state index in [-0.39, 0.29) is 25.2 Å². The standard InChI is InChI=1S/C9H16N2O2/c1-4-11(6-5-10)9(12)7-13-8(2)3/h8H,4,6-7H2,1-3H3. The molecule has 0 heterocycles. The number of rotatable bonds is 5. The van der Waals surface area contributed by atoms with E-state index in [4.69, 9.17) is 10.00 Å². The second kappa shape index (κ2) is 6.44. The van der Waals surface area contributed by atoms with Crippen molar-refractivity contribution in [2.24, 2.45) is 0 Å². The van der Waals surface area contributed by atoms with E-state index in [1.165, 1.54) is 4.90 Å². The molecule has 1 amide bonds. The second-order valence-corrected chi connectivity index (χ2v) is 2.93.